The molecule has 1 rings (SSSR count). The molecule has 0 fully saturated rings. The molecule has 0 aromatic heterocycles. The number of likely N-dealkylation sites (N-methyl/N-ethyl adjacent to an activating group) is 1. The van der Waals surface area contributed by atoms with Crippen LogP contribution in [0.3, 0.4) is 0 Å². The third-order valence-electron chi connectivity index (χ3n) is 2.56. The lowest BCUT2D eigenvalue weighted by molar-refractivity contribution is -0.121. The molecule has 0 unspecified atom stereocenters. The van der Waals surface area contributed by atoms with Crippen LogP contribution in [0, 0.1) is 0 Å². The second kappa shape index (κ2) is 7.58. The highest BCUT2D eigenvalue weighted by atomic mass is 35.5. The Morgan fingerprint density at radius 3 is 2.45 bits per heavy atom. The lowest BCUT2D eigenvalue weighted by atomic mass is 10.4. The molecule has 8 heteroatoms. The number of carbonyl (C=O) groups is 1. The van der Waals surface area contributed by atoms with Crippen LogP contribution in [0.1, 0.15) is 6.92 Å². The Morgan fingerprint density at radius 2 is 1.95 bits per heavy atom. The van der Waals surface area contributed by atoms with Crippen LogP contribution in [0.5, 0.6) is 0 Å². The van der Waals surface area contributed by atoms with E-state index in [2.05, 4.69) is 5.32 Å². The van der Waals surface area contributed by atoms with Crippen LogP contribution in [0.25, 0.3) is 0 Å². The number of carbonyl (C=O) groups excluding carboxylic acids is 1. The van der Waals surface area contributed by atoms with E-state index in [0.29, 0.717) is 5.02 Å². The number of nitrogens with one attached hydrogen (secondary N) is 1. The van der Waals surface area contributed by atoms with Crippen molar-refractivity contribution in [2.45, 2.75) is 11.8 Å². The topological polar surface area (TPSA) is 86.7 Å². The van der Waals surface area contributed by atoms with Crippen molar-refractivity contribution in [2.75, 3.05) is 26.2 Å². The molecule has 0 aliphatic rings. The van der Waals surface area contributed by atoms with Crippen molar-refractivity contribution in [1.82, 2.24) is 9.62 Å². The normalized spacial score (nSPS) is 11.6. The summed E-state index contributed by atoms with van der Waals surface area (Å²) in [4.78, 5) is 11.6. The number of aliphatic hydroxyl groups excluding tert-OH is 1. The number of amides is 1. The molecule has 1 aromatic rings. The molecule has 2 N–H and O–H groups in total. The van der Waals surface area contributed by atoms with Crippen molar-refractivity contribution in [3.05, 3.63) is 29.3 Å². The molecule has 0 bridgehead atoms. The van der Waals surface area contributed by atoms with Gasteiger partial charge in [-0.3, -0.25) is 4.79 Å². The Kier molecular flexibility index (Phi) is 6.41. The van der Waals surface area contributed by atoms with Crippen LogP contribution < -0.4 is 5.32 Å². The van der Waals surface area contributed by atoms with Gasteiger partial charge < -0.3 is 10.4 Å². The predicted octanol–water partition coefficient (Wildman–Crippen LogP) is 0.459. The van der Waals surface area contributed by atoms with Gasteiger partial charge >= 0.3 is 0 Å². The third-order valence-corrected chi connectivity index (χ3v) is 4.75. The van der Waals surface area contributed by atoms with Crippen LogP contribution in [0.2, 0.25) is 5.02 Å². The Balaban J connectivity index is 2.87. The summed E-state index contributed by atoms with van der Waals surface area (Å²) >= 11 is 5.72. The summed E-state index contributed by atoms with van der Waals surface area (Å²) in [6, 6.07) is 5.75. The molecular formula is C12H17ClN2O4S. The molecule has 112 valence electrons. The molecular weight excluding hydrogens is 304 g/mol. The van der Waals surface area contributed by atoms with Gasteiger partial charge in [0.2, 0.25) is 15.9 Å². The first kappa shape index (κ1) is 16.9. The van der Waals surface area contributed by atoms with Gasteiger partial charge in [0.15, 0.2) is 0 Å². The Labute approximate surface area is 123 Å². The molecule has 0 heterocycles. The minimum Gasteiger partial charge on any atom is -0.395 e. The largest absolute Gasteiger partial charge is 0.395 e. The van der Waals surface area contributed by atoms with Gasteiger partial charge in [0, 0.05) is 18.1 Å². The highest BCUT2D eigenvalue weighted by Gasteiger charge is 2.24. The fraction of sp³-hybridized carbons (Fsp3) is 0.417. The average Bonchev–Trinajstić information content (AvgIpc) is 2.42. The molecule has 6 nitrogen and oxygen atoms in total. The molecule has 0 aliphatic heterocycles. The van der Waals surface area contributed by atoms with Crippen molar-refractivity contribution in [3.8, 4) is 0 Å². The Hall–Kier alpha value is -1.15. The minimum absolute atomic E-state index is 0.0821. The minimum atomic E-state index is -3.74. The highest BCUT2D eigenvalue weighted by Crippen LogP contribution is 2.18. The standard InChI is InChI=1S/C12H17ClN2O4S/c1-2-15(9-12(17)14-7-8-16)20(18,19)11-5-3-10(13)4-6-11/h3-6,16H,2,7-9H2,1H3,(H,14,17). The van der Waals surface area contributed by atoms with E-state index >= 15 is 0 Å². The van der Waals surface area contributed by atoms with Gasteiger partial charge in [-0.15, -0.1) is 0 Å². The summed E-state index contributed by atoms with van der Waals surface area (Å²) in [6.07, 6.45) is 0. The van der Waals surface area contributed by atoms with E-state index in [1.54, 1.807) is 6.92 Å². The molecule has 0 spiro atoms. The molecule has 0 saturated heterocycles. The zero-order chi connectivity index (χ0) is 15.2. The summed E-state index contributed by atoms with van der Waals surface area (Å²) in [5, 5.41) is 11.5. The number of rotatable bonds is 7. The third kappa shape index (κ3) is 4.45. The molecule has 0 saturated carbocycles. The zero-order valence-corrected chi connectivity index (χ0v) is 12.6. The van der Waals surface area contributed by atoms with E-state index in [4.69, 9.17) is 16.7 Å². The maximum absolute atomic E-state index is 12.3. The Morgan fingerprint density at radius 1 is 1.35 bits per heavy atom. The number of benzene rings is 1. The summed E-state index contributed by atoms with van der Waals surface area (Å²) in [7, 11) is -3.74. The fourth-order valence-corrected chi connectivity index (χ4v) is 3.07. The van der Waals surface area contributed by atoms with E-state index in [9.17, 15) is 13.2 Å². The van der Waals surface area contributed by atoms with Crippen LogP contribution in [-0.4, -0.2) is 50.0 Å². The number of nitrogens with zero attached hydrogens (tertiary/aromatic N) is 1. The quantitative estimate of drug-likeness (QED) is 0.764. The smallest absolute Gasteiger partial charge is 0.243 e. The summed E-state index contributed by atoms with van der Waals surface area (Å²) in [6.45, 7) is 1.42. The van der Waals surface area contributed by atoms with Gasteiger partial charge in [0.25, 0.3) is 0 Å². The van der Waals surface area contributed by atoms with Gasteiger partial charge in [-0.1, -0.05) is 18.5 Å². The van der Waals surface area contributed by atoms with Crippen molar-refractivity contribution in [2.24, 2.45) is 0 Å². The Bertz CT molecular complexity index is 545. The molecule has 0 atom stereocenters. The van der Waals surface area contributed by atoms with Crippen LogP contribution in [0.4, 0.5) is 0 Å². The number of hydrogen-bond donors (Lipinski definition) is 2. The summed E-state index contributed by atoms with van der Waals surface area (Å²) < 4.78 is 25.7. The number of aliphatic hydroxyl groups is 1. The monoisotopic (exact) mass is 320 g/mol. The lowest BCUT2D eigenvalue weighted by Crippen LogP contribution is -2.41. The van der Waals surface area contributed by atoms with Gasteiger partial charge in [-0.05, 0) is 24.3 Å². The number of sulfonamides is 1. The van der Waals surface area contributed by atoms with Gasteiger partial charge in [-0.2, -0.15) is 4.31 Å². The maximum Gasteiger partial charge on any atom is 0.243 e. The van der Waals surface area contributed by atoms with E-state index in [0.717, 1.165) is 4.31 Å². The van der Waals surface area contributed by atoms with E-state index in [-0.39, 0.29) is 31.1 Å². The summed E-state index contributed by atoms with van der Waals surface area (Å²) in [5.74, 6) is -0.460. The fourth-order valence-electron chi connectivity index (χ4n) is 1.53. The van der Waals surface area contributed by atoms with Gasteiger partial charge in [-0.25, -0.2) is 8.42 Å². The molecule has 20 heavy (non-hydrogen) atoms. The molecule has 0 aliphatic carbocycles. The first-order chi connectivity index (χ1) is 9.41. The zero-order valence-electron chi connectivity index (χ0n) is 11.0. The SMILES string of the molecule is CCN(CC(=O)NCCO)S(=O)(=O)c1ccc(Cl)cc1. The van der Waals surface area contributed by atoms with Crippen molar-refractivity contribution >= 4 is 27.5 Å². The summed E-state index contributed by atoms with van der Waals surface area (Å²) in [5.41, 5.74) is 0. The van der Waals surface area contributed by atoms with Crippen molar-refractivity contribution in [1.29, 1.82) is 0 Å². The predicted molar refractivity (Wildman–Crippen MR) is 76.0 cm³/mol. The van der Waals surface area contributed by atoms with Gasteiger partial charge in [0.05, 0.1) is 18.0 Å². The maximum atomic E-state index is 12.3. The number of hydrogen-bond acceptors (Lipinski definition) is 4. The van der Waals surface area contributed by atoms with Gasteiger partial charge in [0.1, 0.15) is 0 Å². The molecule has 1 aromatic carbocycles. The van der Waals surface area contributed by atoms with Crippen molar-refractivity contribution in [3.63, 3.8) is 0 Å². The van der Waals surface area contributed by atoms with E-state index in [1.807, 2.05) is 0 Å². The number of halogens is 1. The van der Waals surface area contributed by atoms with E-state index in [1.165, 1.54) is 24.3 Å². The van der Waals surface area contributed by atoms with Crippen LogP contribution in [-0.2, 0) is 14.8 Å². The van der Waals surface area contributed by atoms with Crippen LogP contribution in [0.15, 0.2) is 29.2 Å². The molecule has 1 amide bonds. The van der Waals surface area contributed by atoms with Crippen molar-refractivity contribution < 1.29 is 18.3 Å². The second-order valence-corrected chi connectivity index (χ2v) is 6.33. The van der Waals surface area contributed by atoms with Crippen LogP contribution >= 0.6 is 11.6 Å². The average molecular weight is 321 g/mol. The highest BCUT2D eigenvalue weighted by molar-refractivity contribution is 7.89. The lowest BCUT2D eigenvalue weighted by Gasteiger charge is -2.20. The first-order valence-corrected chi connectivity index (χ1v) is 7.87. The first-order valence-electron chi connectivity index (χ1n) is 6.05. The second-order valence-electron chi connectivity index (χ2n) is 3.96. The molecule has 0 radical (unpaired) electrons. The van der Waals surface area contributed by atoms with E-state index < -0.39 is 15.9 Å².